The first kappa shape index (κ1) is 22.0. The summed E-state index contributed by atoms with van der Waals surface area (Å²) in [7, 11) is 0. The molecule has 1 heterocycles. The highest BCUT2D eigenvalue weighted by Gasteiger charge is 2.48. The highest BCUT2D eigenvalue weighted by Crippen LogP contribution is 2.27. The maximum Gasteiger partial charge on any atom is 0.407 e. The molecule has 1 fully saturated rings. The lowest BCUT2D eigenvalue weighted by Crippen LogP contribution is -2.64. The van der Waals surface area contributed by atoms with E-state index in [9.17, 15) is 19.5 Å². The maximum atomic E-state index is 11.9. The Morgan fingerprint density at radius 2 is 1.64 bits per heavy atom. The van der Waals surface area contributed by atoms with E-state index in [1.54, 1.807) is 0 Å². The smallest absolute Gasteiger partial charge is 0.407 e. The van der Waals surface area contributed by atoms with Crippen LogP contribution in [0, 0.1) is 0 Å². The van der Waals surface area contributed by atoms with Gasteiger partial charge in [-0.3, -0.25) is 9.59 Å². The van der Waals surface area contributed by atoms with Gasteiger partial charge in [0.2, 0.25) is 3.79 Å². The van der Waals surface area contributed by atoms with E-state index in [2.05, 4.69) is 5.32 Å². The van der Waals surface area contributed by atoms with Gasteiger partial charge in [0.1, 0.15) is 6.61 Å². The summed E-state index contributed by atoms with van der Waals surface area (Å²) in [6.07, 6.45) is -5.93. The molecule has 0 spiro atoms. The number of aliphatic hydroxyl groups excluding tert-OH is 1. The molecule has 0 aromatic heterocycles. The fraction of sp³-hybridized carbons (Fsp3) is 0.769. The Hall–Kier alpha value is -1.00. The van der Waals surface area contributed by atoms with Gasteiger partial charge in [-0.05, 0) is 6.92 Å². The summed E-state index contributed by atoms with van der Waals surface area (Å²) in [6, 6.07) is -1.00. The molecule has 0 saturated carbocycles. The SMILES string of the molecule is CC(=O)O[C@@H]1[C@H](NC(=O)OCC(Cl)(Cl)Cl)[C@H](C)O[C@@H](O)[C@@H]1OC(C)=O. The van der Waals surface area contributed by atoms with Crippen LogP contribution in [0.15, 0.2) is 0 Å². The number of amides is 1. The summed E-state index contributed by atoms with van der Waals surface area (Å²) in [4.78, 5) is 34.5. The van der Waals surface area contributed by atoms with E-state index < -0.39 is 59.1 Å². The van der Waals surface area contributed by atoms with Crippen LogP contribution in [0.1, 0.15) is 20.8 Å². The molecule has 0 aliphatic carbocycles. The van der Waals surface area contributed by atoms with E-state index in [-0.39, 0.29) is 0 Å². The van der Waals surface area contributed by atoms with Crippen molar-refractivity contribution in [3.63, 3.8) is 0 Å². The summed E-state index contributed by atoms with van der Waals surface area (Å²) >= 11 is 16.5. The Bertz CT molecular complexity index is 512. The second kappa shape index (κ2) is 9.09. The number of nitrogens with one attached hydrogen (secondary N) is 1. The first-order chi connectivity index (χ1) is 11.4. The third kappa shape index (κ3) is 7.41. The Morgan fingerprint density at radius 3 is 2.12 bits per heavy atom. The predicted octanol–water partition coefficient (Wildman–Crippen LogP) is 1.05. The summed E-state index contributed by atoms with van der Waals surface area (Å²) in [6.45, 7) is 3.20. The second-order valence-electron chi connectivity index (χ2n) is 5.24. The molecule has 1 amide bonds. The van der Waals surface area contributed by atoms with Crippen LogP contribution in [-0.2, 0) is 28.5 Å². The number of hydrogen-bond donors (Lipinski definition) is 2. The highest BCUT2D eigenvalue weighted by molar-refractivity contribution is 6.67. The number of rotatable bonds is 4. The van der Waals surface area contributed by atoms with Gasteiger partial charge >= 0.3 is 18.0 Å². The van der Waals surface area contributed by atoms with E-state index in [1.807, 2.05) is 0 Å². The minimum atomic E-state index is -1.81. The molecule has 1 aliphatic heterocycles. The van der Waals surface area contributed by atoms with E-state index in [0.29, 0.717) is 0 Å². The standard InChI is InChI=1S/C13H18Cl3NO8/c1-5-8(17-12(21)22-4-13(14,15)16)9(24-6(2)18)10(11(20)23-5)25-7(3)19/h5,8-11,20H,4H2,1-3H3,(H,17,21)/t5-,8+,9+,10+,11+/m0/s1. The molecule has 1 aliphatic rings. The minimum absolute atomic E-state index is 0.528. The van der Waals surface area contributed by atoms with Crippen molar-refractivity contribution in [1.29, 1.82) is 0 Å². The van der Waals surface area contributed by atoms with Crippen molar-refractivity contribution < 1.29 is 38.4 Å². The first-order valence-electron chi connectivity index (χ1n) is 7.08. The van der Waals surface area contributed by atoms with Gasteiger partial charge in [0.15, 0.2) is 18.5 Å². The van der Waals surface area contributed by atoms with E-state index in [1.165, 1.54) is 6.92 Å². The van der Waals surface area contributed by atoms with Crippen LogP contribution in [0.5, 0.6) is 0 Å². The number of carbonyl (C=O) groups is 3. The molecule has 1 rings (SSSR count). The van der Waals surface area contributed by atoms with E-state index in [0.717, 1.165) is 13.8 Å². The second-order valence-corrected chi connectivity index (χ2v) is 7.76. The van der Waals surface area contributed by atoms with Crippen LogP contribution in [0.2, 0.25) is 0 Å². The summed E-state index contributed by atoms with van der Waals surface area (Å²) in [5.41, 5.74) is 0. The van der Waals surface area contributed by atoms with Crippen molar-refractivity contribution in [2.24, 2.45) is 0 Å². The molecule has 12 heteroatoms. The van der Waals surface area contributed by atoms with Crippen molar-refractivity contribution in [1.82, 2.24) is 5.32 Å². The molecule has 5 atom stereocenters. The topological polar surface area (TPSA) is 120 Å². The zero-order chi connectivity index (χ0) is 19.4. The Morgan fingerprint density at radius 1 is 1.12 bits per heavy atom. The molecule has 0 aromatic rings. The van der Waals surface area contributed by atoms with Crippen molar-refractivity contribution in [2.75, 3.05) is 6.61 Å². The Labute approximate surface area is 158 Å². The molecule has 0 bridgehead atoms. The molecular formula is C13H18Cl3NO8. The normalized spacial score (nSPS) is 29.5. The molecule has 1 saturated heterocycles. The van der Waals surface area contributed by atoms with Crippen LogP contribution in [-0.4, -0.2) is 64.2 Å². The fourth-order valence-electron chi connectivity index (χ4n) is 2.19. The number of esters is 2. The van der Waals surface area contributed by atoms with E-state index in [4.69, 9.17) is 53.8 Å². The van der Waals surface area contributed by atoms with Crippen LogP contribution in [0.25, 0.3) is 0 Å². The lowest BCUT2D eigenvalue weighted by Gasteiger charge is -2.42. The van der Waals surface area contributed by atoms with Crippen LogP contribution >= 0.6 is 34.8 Å². The van der Waals surface area contributed by atoms with Crippen molar-refractivity contribution in [2.45, 2.75) is 55.2 Å². The van der Waals surface area contributed by atoms with Crippen LogP contribution in [0.4, 0.5) is 4.79 Å². The predicted molar refractivity (Wildman–Crippen MR) is 86.2 cm³/mol. The zero-order valence-corrected chi connectivity index (χ0v) is 15.8. The van der Waals surface area contributed by atoms with Gasteiger partial charge in [0.05, 0.1) is 12.1 Å². The quantitative estimate of drug-likeness (QED) is 0.392. The van der Waals surface area contributed by atoms with Gasteiger partial charge in [-0.2, -0.15) is 0 Å². The van der Waals surface area contributed by atoms with Gasteiger partial charge in [-0.1, -0.05) is 34.8 Å². The summed E-state index contributed by atoms with van der Waals surface area (Å²) in [5, 5.41) is 12.3. The average Bonchev–Trinajstić information content (AvgIpc) is 2.43. The molecule has 144 valence electrons. The van der Waals surface area contributed by atoms with Crippen molar-refractivity contribution >= 4 is 52.8 Å². The molecule has 0 radical (unpaired) electrons. The zero-order valence-electron chi connectivity index (χ0n) is 13.5. The third-order valence-electron chi connectivity index (χ3n) is 3.07. The number of alkyl carbamates (subject to hydrolysis) is 1. The van der Waals surface area contributed by atoms with Gasteiger partial charge in [0, 0.05) is 13.8 Å². The number of alkyl halides is 3. The number of ether oxygens (including phenoxy) is 4. The monoisotopic (exact) mass is 421 g/mol. The maximum absolute atomic E-state index is 11.9. The van der Waals surface area contributed by atoms with E-state index >= 15 is 0 Å². The first-order valence-corrected chi connectivity index (χ1v) is 8.22. The molecule has 9 nitrogen and oxygen atoms in total. The van der Waals surface area contributed by atoms with Crippen molar-refractivity contribution in [3.8, 4) is 0 Å². The largest absolute Gasteiger partial charge is 0.456 e. The fourth-order valence-corrected chi connectivity index (χ4v) is 2.35. The van der Waals surface area contributed by atoms with Gasteiger partial charge in [0.25, 0.3) is 0 Å². The number of halogens is 3. The van der Waals surface area contributed by atoms with Crippen LogP contribution in [0.3, 0.4) is 0 Å². The Kier molecular flexibility index (Phi) is 8.01. The lowest BCUT2D eigenvalue weighted by molar-refractivity contribution is -0.263. The number of carbonyl (C=O) groups excluding carboxylic acids is 3. The molecular weight excluding hydrogens is 405 g/mol. The van der Waals surface area contributed by atoms with Gasteiger partial charge < -0.3 is 29.4 Å². The lowest BCUT2D eigenvalue weighted by atomic mass is 9.96. The Balaban J connectivity index is 2.92. The van der Waals surface area contributed by atoms with Crippen molar-refractivity contribution in [3.05, 3.63) is 0 Å². The molecule has 0 aromatic carbocycles. The van der Waals surface area contributed by atoms with Crippen LogP contribution < -0.4 is 5.32 Å². The number of aliphatic hydroxyl groups is 1. The summed E-state index contributed by atoms with van der Waals surface area (Å²) < 4.78 is 18.2. The third-order valence-corrected chi connectivity index (χ3v) is 3.40. The minimum Gasteiger partial charge on any atom is -0.456 e. The van der Waals surface area contributed by atoms with Gasteiger partial charge in [-0.15, -0.1) is 0 Å². The number of hydrogen-bond acceptors (Lipinski definition) is 8. The van der Waals surface area contributed by atoms with Gasteiger partial charge in [-0.25, -0.2) is 4.79 Å². The summed E-state index contributed by atoms with van der Waals surface area (Å²) in [5.74, 6) is -1.46. The highest BCUT2D eigenvalue weighted by atomic mass is 35.6. The molecule has 2 N–H and O–H groups in total. The average molecular weight is 423 g/mol. The molecule has 25 heavy (non-hydrogen) atoms. The molecule has 0 unspecified atom stereocenters.